The molecule has 0 amide bonds. The van der Waals surface area contributed by atoms with Crippen LogP contribution in [0, 0.1) is 0 Å². The lowest BCUT2D eigenvalue weighted by molar-refractivity contribution is 0.112. The van der Waals surface area contributed by atoms with Gasteiger partial charge in [0.25, 0.3) is 0 Å². The molecule has 0 fully saturated rings. The molecule has 0 saturated carbocycles. The van der Waals surface area contributed by atoms with Gasteiger partial charge in [0.1, 0.15) is 18.1 Å². The van der Waals surface area contributed by atoms with Gasteiger partial charge in [-0.05, 0) is 47.5 Å². The second-order valence-electron chi connectivity index (χ2n) is 5.56. The zero-order valence-electron chi connectivity index (χ0n) is 13.8. The van der Waals surface area contributed by atoms with Gasteiger partial charge in [0.2, 0.25) is 5.82 Å². The van der Waals surface area contributed by atoms with Crippen molar-refractivity contribution < 1.29 is 14.6 Å². The maximum atomic E-state index is 11.0. The highest BCUT2D eigenvalue weighted by Crippen LogP contribution is 2.28. The fourth-order valence-corrected chi connectivity index (χ4v) is 2.60. The summed E-state index contributed by atoms with van der Waals surface area (Å²) in [6, 6.07) is 10.8. The van der Waals surface area contributed by atoms with Crippen LogP contribution >= 0.6 is 0 Å². The average molecular weight is 338 g/mol. The highest BCUT2D eigenvalue weighted by Gasteiger charge is 2.12. The molecule has 2 N–H and O–H groups in total. The van der Waals surface area contributed by atoms with Crippen LogP contribution in [0.5, 0.6) is 11.5 Å². The smallest absolute Gasteiger partial charge is 0.204 e. The third-order valence-electron chi connectivity index (χ3n) is 3.89. The number of rotatable bonds is 7. The fourth-order valence-electron chi connectivity index (χ4n) is 2.60. The lowest BCUT2D eigenvalue weighted by Crippen LogP contribution is -2.02. The summed E-state index contributed by atoms with van der Waals surface area (Å²) in [5, 5.41) is 24.0. The van der Waals surface area contributed by atoms with Crippen LogP contribution in [0.4, 0.5) is 0 Å². The minimum atomic E-state index is 0.0467. The number of hydrogen-bond donors (Lipinski definition) is 2. The van der Waals surface area contributed by atoms with E-state index in [0.717, 1.165) is 23.1 Å². The molecular weight excluding hydrogens is 320 g/mol. The summed E-state index contributed by atoms with van der Waals surface area (Å²) < 4.78 is 5.82. The number of benzene rings is 2. The van der Waals surface area contributed by atoms with E-state index in [-0.39, 0.29) is 5.75 Å². The number of hydrogen-bond acceptors (Lipinski definition) is 6. The van der Waals surface area contributed by atoms with Gasteiger partial charge in [0, 0.05) is 11.1 Å². The molecular formula is C18H18N4O3. The van der Waals surface area contributed by atoms with Crippen molar-refractivity contribution in [3.05, 3.63) is 53.1 Å². The van der Waals surface area contributed by atoms with E-state index in [0.29, 0.717) is 36.5 Å². The summed E-state index contributed by atoms with van der Waals surface area (Å²) in [6.07, 6.45) is 2.21. The summed E-state index contributed by atoms with van der Waals surface area (Å²) in [5.74, 6) is 1.25. The van der Waals surface area contributed by atoms with Crippen molar-refractivity contribution in [2.45, 2.75) is 26.4 Å². The van der Waals surface area contributed by atoms with Crippen LogP contribution in [0.2, 0.25) is 0 Å². The van der Waals surface area contributed by atoms with Crippen LogP contribution < -0.4 is 4.74 Å². The Bertz CT molecular complexity index is 846. The van der Waals surface area contributed by atoms with E-state index >= 15 is 0 Å². The molecule has 0 aliphatic heterocycles. The molecule has 0 radical (unpaired) electrons. The molecule has 1 heterocycles. The third-order valence-corrected chi connectivity index (χ3v) is 3.89. The van der Waals surface area contributed by atoms with Gasteiger partial charge in [-0.25, -0.2) is 0 Å². The Labute approximate surface area is 144 Å². The molecule has 1 aromatic heterocycles. The molecule has 0 aliphatic carbocycles. The van der Waals surface area contributed by atoms with Crippen molar-refractivity contribution >= 4 is 6.29 Å². The first kappa shape index (κ1) is 16.6. The number of nitrogens with zero attached hydrogens (tertiary/aromatic N) is 3. The largest absolute Gasteiger partial charge is 0.507 e. The number of H-pyrrole nitrogens is 1. The molecule has 0 saturated heterocycles. The van der Waals surface area contributed by atoms with E-state index < -0.39 is 0 Å². The number of aromatic amines is 1. The number of aldehydes is 1. The van der Waals surface area contributed by atoms with E-state index in [1.807, 2.05) is 37.3 Å². The van der Waals surface area contributed by atoms with E-state index in [2.05, 4.69) is 20.6 Å². The number of phenolic OH excluding ortho intramolecular Hbond substituents is 1. The van der Waals surface area contributed by atoms with Crippen LogP contribution in [0.15, 0.2) is 36.4 Å². The molecule has 0 atom stereocenters. The number of carbonyl (C=O) groups excluding carboxylic acids is 1. The molecule has 0 bridgehead atoms. The SMILES string of the molecule is CCCc1c(COc2ccc(-c3nn[nH]n3)cc2)ccc(C=O)c1O. The quantitative estimate of drug-likeness (QED) is 0.642. The predicted molar refractivity (Wildman–Crippen MR) is 91.4 cm³/mol. The van der Waals surface area contributed by atoms with Gasteiger partial charge >= 0.3 is 0 Å². The van der Waals surface area contributed by atoms with Crippen molar-refractivity contribution in [3.63, 3.8) is 0 Å². The van der Waals surface area contributed by atoms with Crippen molar-refractivity contribution in [2.75, 3.05) is 0 Å². The van der Waals surface area contributed by atoms with Gasteiger partial charge in [-0.15, -0.1) is 10.2 Å². The van der Waals surface area contributed by atoms with Gasteiger partial charge in [0.05, 0.1) is 5.56 Å². The standard InChI is InChI=1S/C18H18N4O3/c1-2-3-16-14(5-4-13(10-23)17(16)24)11-25-15-8-6-12(7-9-15)18-19-21-22-20-18/h4-10,24H,2-3,11H2,1H3,(H,19,20,21,22). The number of carbonyl (C=O) groups is 1. The Morgan fingerprint density at radius 3 is 2.64 bits per heavy atom. The van der Waals surface area contributed by atoms with E-state index in [1.165, 1.54) is 0 Å². The van der Waals surface area contributed by atoms with Gasteiger partial charge < -0.3 is 9.84 Å². The van der Waals surface area contributed by atoms with E-state index in [4.69, 9.17) is 4.74 Å². The van der Waals surface area contributed by atoms with Crippen molar-refractivity contribution in [1.82, 2.24) is 20.6 Å². The topological polar surface area (TPSA) is 101 Å². The van der Waals surface area contributed by atoms with Gasteiger partial charge in [-0.1, -0.05) is 19.4 Å². The number of ether oxygens (including phenoxy) is 1. The fraction of sp³-hybridized carbons (Fsp3) is 0.222. The monoisotopic (exact) mass is 338 g/mol. The molecule has 0 unspecified atom stereocenters. The average Bonchev–Trinajstić information content (AvgIpc) is 3.17. The summed E-state index contributed by atoms with van der Waals surface area (Å²) >= 11 is 0. The Morgan fingerprint density at radius 2 is 2.00 bits per heavy atom. The molecule has 7 nitrogen and oxygen atoms in total. The Balaban J connectivity index is 1.75. The van der Waals surface area contributed by atoms with Crippen LogP contribution in [0.3, 0.4) is 0 Å². The Hall–Kier alpha value is -3.22. The van der Waals surface area contributed by atoms with Gasteiger partial charge in [-0.2, -0.15) is 5.21 Å². The molecule has 2 aromatic carbocycles. The summed E-state index contributed by atoms with van der Waals surface area (Å²) in [6.45, 7) is 2.33. The normalized spacial score (nSPS) is 10.6. The van der Waals surface area contributed by atoms with Crippen LogP contribution in [-0.2, 0) is 13.0 Å². The first-order chi connectivity index (χ1) is 12.2. The Morgan fingerprint density at radius 1 is 1.20 bits per heavy atom. The minimum Gasteiger partial charge on any atom is -0.507 e. The van der Waals surface area contributed by atoms with Gasteiger partial charge in [0.15, 0.2) is 6.29 Å². The second-order valence-corrected chi connectivity index (χ2v) is 5.56. The van der Waals surface area contributed by atoms with Gasteiger partial charge in [-0.3, -0.25) is 4.79 Å². The predicted octanol–water partition coefficient (Wildman–Crippen LogP) is 2.92. The first-order valence-electron chi connectivity index (χ1n) is 7.98. The van der Waals surface area contributed by atoms with Crippen LogP contribution in [0.1, 0.15) is 34.8 Å². The lowest BCUT2D eigenvalue weighted by Gasteiger charge is -2.13. The number of aromatic nitrogens is 4. The maximum Gasteiger partial charge on any atom is 0.204 e. The van der Waals surface area contributed by atoms with Crippen molar-refractivity contribution in [3.8, 4) is 22.9 Å². The molecule has 3 rings (SSSR count). The first-order valence-corrected chi connectivity index (χ1v) is 7.98. The molecule has 7 heteroatoms. The number of phenols is 1. The summed E-state index contributed by atoms with van der Waals surface area (Å²) in [5.41, 5.74) is 2.76. The van der Waals surface area contributed by atoms with Crippen LogP contribution in [0.25, 0.3) is 11.4 Å². The zero-order chi connectivity index (χ0) is 17.6. The number of aromatic hydroxyl groups is 1. The molecule has 128 valence electrons. The van der Waals surface area contributed by atoms with Crippen LogP contribution in [-0.4, -0.2) is 32.0 Å². The summed E-state index contributed by atoms with van der Waals surface area (Å²) in [7, 11) is 0. The highest BCUT2D eigenvalue weighted by atomic mass is 16.5. The molecule has 0 spiro atoms. The van der Waals surface area contributed by atoms with Crippen molar-refractivity contribution in [1.29, 1.82) is 0 Å². The number of nitrogens with one attached hydrogen (secondary N) is 1. The third kappa shape index (κ3) is 3.65. The molecule has 25 heavy (non-hydrogen) atoms. The highest BCUT2D eigenvalue weighted by molar-refractivity contribution is 5.80. The lowest BCUT2D eigenvalue weighted by atomic mass is 9.99. The molecule has 0 aliphatic rings. The maximum absolute atomic E-state index is 11.0. The zero-order valence-corrected chi connectivity index (χ0v) is 13.8. The Kier molecular flexibility index (Phi) is 5.03. The second kappa shape index (κ2) is 7.57. The van der Waals surface area contributed by atoms with E-state index in [9.17, 15) is 9.90 Å². The minimum absolute atomic E-state index is 0.0467. The number of tetrazole rings is 1. The van der Waals surface area contributed by atoms with Crippen molar-refractivity contribution in [2.24, 2.45) is 0 Å². The van der Waals surface area contributed by atoms with E-state index in [1.54, 1.807) is 6.07 Å². The summed E-state index contributed by atoms with van der Waals surface area (Å²) in [4.78, 5) is 11.0. The molecule has 3 aromatic rings.